The molecule has 0 aromatic carbocycles. The first-order valence-corrected chi connectivity index (χ1v) is 6.18. The molecule has 0 aromatic heterocycles. The number of hydrogen-bond donors (Lipinski definition) is 3. The molecule has 0 bridgehead atoms. The van der Waals surface area contributed by atoms with Crippen LogP contribution in [0, 0.1) is 11.3 Å². The lowest BCUT2D eigenvalue weighted by Crippen LogP contribution is -2.41. The average Bonchev–Trinajstić information content (AvgIpc) is 2.75. The number of hydrogen-bond acceptors (Lipinski definition) is 3. The Labute approximate surface area is 115 Å². The molecule has 0 saturated carbocycles. The Balaban J connectivity index is 0.00000289. The first kappa shape index (κ1) is 17.2. The van der Waals surface area contributed by atoms with Crippen LogP contribution in [0.3, 0.4) is 0 Å². The number of carbonyl (C=O) groups is 2. The van der Waals surface area contributed by atoms with Gasteiger partial charge in [-0.05, 0) is 13.0 Å². The van der Waals surface area contributed by atoms with Gasteiger partial charge in [0.15, 0.2) is 0 Å². The van der Waals surface area contributed by atoms with Gasteiger partial charge in [0.05, 0.1) is 5.92 Å². The maximum atomic E-state index is 11.6. The Hall–Kier alpha value is -0.810. The average molecular weight is 278 g/mol. The summed E-state index contributed by atoms with van der Waals surface area (Å²) in [5.41, 5.74) is -0.376. The molecule has 1 heterocycles. The molecule has 1 fully saturated rings. The van der Waals surface area contributed by atoms with E-state index in [4.69, 9.17) is 0 Å². The van der Waals surface area contributed by atoms with Crippen LogP contribution in [0.25, 0.3) is 0 Å². The van der Waals surface area contributed by atoms with E-state index < -0.39 is 0 Å². The van der Waals surface area contributed by atoms with Gasteiger partial charge in [-0.15, -0.1) is 12.4 Å². The molecule has 0 radical (unpaired) electrons. The summed E-state index contributed by atoms with van der Waals surface area (Å²) in [6, 6.07) is 0. The highest BCUT2D eigenvalue weighted by Gasteiger charge is 2.22. The maximum absolute atomic E-state index is 11.6. The summed E-state index contributed by atoms with van der Waals surface area (Å²) in [4.78, 5) is 23.2. The van der Waals surface area contributed by atoms with Gasteiger partial charge in [-0.1, -0.05) is 20.8 Å². The fourth-order valence-corrected chi connectivity index (χ4v) is 1.65. The van der Waals surface area contributed by atoms with Crippen LogP contribution in [-0.2, 0) is 9.59 Å². The summed E-state index contributed by atoms with van der Waals surface area (Å²) < 4.78 is 0. The van der Waals surface area contributed by atoms with Crippen LogP contribution < -0.4 is 16.0 Å². The smallest absolute Gasteiger partial charge is 0.225 e. The summed E-state index contributed by atoms with van der Waals surface area (Å²) in [5, 5.41) is 8.79. The van der Waals surface area contributed by atoms with Crippen LogP contribution in [0.15, 0.2) is 0 Å². The number of rotatable bonds is 4. The van der Waals surface area contributed by atoms with E-state index in [9.17, 15) is 9.59 Å². The summed E-state index contributed by atoms with van der Waals surface area (Å²) in [6.07, 6.45) is 0.903. The molecule has 1 aliphatic rings. The van der Waals surface area contributed by atoms with Gasteiger partial charge >= 0.3 is 0 Å². The zero-order valence-electron chi connectivity index (χ0n) is 11.3. The van der Waals surface area contributed by atoms with E-state index in [-0.39, 0.29) is 35.6 Å². The predicted molar refractivity (Wildman–Crippen MR) is 73.7 cm³/mol. The quantitative estimate of drug-likeness (QED) is 0.647. The minimum absolute atomic E-state index is 0. The van der Waals surface area contributed by atoms with Crippen LogP contribution in [-0.4, -0.2) is 38.0 Å². The minimum Gasteiger partial charge on any atom is -0.354 e. The number of halogens is 1. The second-order valence-electron chi connectivity index (χ2n) is 5.49. The number of nitrogens with one attached hydrogen (secondary N) is 3. The van der Waals surface area contributed by atoms with Gasteiger partial charge < -0.3 is 16.0 Å². The van der Waals surface area contributed by atoms with Crippen LogP contribution in [0.5, 0.6) is 0 Å². The monoisotopic (exact) mass is 277 g/mol. The molecule has 5 nitrogen and oxygen atoms in total. The van der Waals surface area contributed by atoms with E-state index in [1.807, 2.05) is 20.8 Å². The molecule has 1 atom stereocenters. The molecule has 18 heavy (non-hydrogen) atoms. The molecule has 1 aliphatic heterocycles. The van der Waals surface area contributed by atoms with E-state index in [0.29, 0.717) is 13.1 Å². The molecule has 1 rings (SSSR count). The maximum Gasteiger partial charge on any atom is 0.225 e. The first-order valence-electron chi connectivity index (χ1n) is 6.18. The van der Waals surface area contributed by atoms with Crippen molar-refractivity contribution in [3.8, 4) is 0 Å². The van der Waals surface area contributed by atoms with Crippen molar-refractivity contribution in [2.24, 2.45) is 11.3 Å². The van der Waals surface area contributed by atoms with E-state index in [1.165, 1.54) is 0 Å². The van der Waals surface area contributed by atoms with E-state index in [1.54, 1.807) is 0 Å². The second kappa shape index (κ2) is 7.59. The van der Waals surface area contributed by atoms with Crippen molar-refractivity contribution in [2.75, 3.05) is 26.2 Å². The van der Waals surface area contributed by atoms with E-state index >= 15 is 0 Å². The van der Waals surface area contributed by atoms with Gasteiger partial charge in [0, 0.05) is 25.0 Å². The van der Waals surface area contributed by atoms with Gasteiger partial charge in [0.2, 0.25) is 11.8 Å². The van der Waals surface area contributed by atoms with Crippen LogP contribution in [0.1, 0.15) is 27.2 Å². The normalized spacial score (nSPS) is 18.9. The van der Waals surface area contributed by atoms with Crippen molar-refractivity contribution in [1.29, 1.82) is 0 Å². The van der Waals surface area contributed by atoms with Crippen LogP contribution >= 0.6 is 12.4 Å². The molecule has 2 amide bonds. The second-order valence-corrected chi connectivity index (χ2v) is 5.49. The lowest BCUT2D eigenvalue weighted by molar-refractivity contribution is -0.129. The van der Waals surface area contributed by atoms with Crippen molar-refractivity contribution in [1.82, 2.24) is 16.0 Å². The van der Waals surface area contributed by atoms with Crippen LogP contribution in [0.4, 0.5) is 0 Å². The fourth-order valence-electron chi connectivity index (χ4n) is 1.65. The summed E-state index contributed by atoms with van der Waals surface area (Å²) in [5.74, 6) is 0.183. The molecule has 0 spiro atoms. The highest BCUT2D eigenvalue weighted by Crippen LogP contribution is 2.11. The van der Waals surface area contributed by atoms with Crippen molar-refractivity contribution in [3.63, 3.8) is 0 Å². The molecular formula is C12H24ClN3O2. The standard InChI is InChI=1S/C12H23N3O2.ClH/c1-12(2,3)11(17)15-7-6-14-10(16)9-4-5-13-8-9;/h9,13H,4-8H2,1-3H3,(H,14,16)(H,15,17);1H. The first-order chi connectivity index (χ1) is 7.91. The molecule has 0 aliphatic carbocycles. The van der Waals surface area contributed by atoms with Crippen molar-refractivity contribution in [3.05, 3.63) is 0 Å². The lowest BCUT2D eigenvalue weighted by Gasteiger charge is -2.18. The summed E-state index contributed by atoms with van der Waals surface area (Å²) >= 11 is 0. The van der Waals surface area contributed by atoms with Crippen LogP contribution in [0.2, 0.25) is 0 Å². The SMILES string of the molecule is CC(C)(C)C(=O)NCCNC(=O)C1CCNC1.Cl. The highest BCUT2D eigenvalue weighted by atomic mass is 35.5. The fraction of sp³-hybridized carbons (Fsp3) is 0.833. The Morgan fingerprint density at radius 1 is 1.22 bits per heavy atom. The Kier molecular flexibility index (Phi) is 7.25. The number of amides is 2. The van der Waals surface area contributed by atoms with Gasteiger partial charge in [0.25, 0.3) is 0 Å². The van der Waals surface area contributed by atoms with Crippen molar-refractivity contribution in [2.45, 2.75) is 27.2 Å². The molecule has 6 heteroatoms. The molecule has 3 N–H and O–H groups in total. The highest BCUT2D eigenvalue weighted by molar-refractivity contribution is 5.85. The van der Waals surface area contributed by atoms with E-state index in [0.717, 1.165) is 19.5 Å². The van der Waals surface area contributed by atoms with Crippen molar-refractivity contribution < 1.29 is 9.59 Å². The third-order valence-electron chi connectivity index (χ3n) is 2.82. The van der Waals surface area contributed by atoms with Gasteiger partial charge in [0.1, 0.15) is 0 Å². The predicted octanol–water partition coefficient (Wildman–Crippen LogP) is 0.296. The topological polar surface area (TPSA) is 70.2 Å². The Morgan fingerprint density at radius 3 is 2.33 bits per heavy atom. The van der Waals surface area contributed by atoms with Gasteiger partial charge in [-0.2, -0.15) is 0 Å². The van der Waals surface area contributed by atoms with Gasteiger partial charge in [-0.3, -0.25) is 9.59 Å². The largest absolute Gasteiger partial charge is 0.354 e. The molecular weight excluding hydrogens is 254 g/mol. The number of carbonyl (C=O) groups excluding carboxylic acids is 2. The lowest BCUT2D eigenvalue weighted by atomic mass is 9.96. The third kappa shape index (κ3) is 5.69. The minimum atomic E-state index is -0.376. The molecule has 0 aromatic rings. The molecule has 106 valence electrons. The van der Waals surface area contributed by atoms with Gasteiger partial charge in [-0.25, -0.2) is 0 Å². The zero-order chi connectivity index (χ0) is 12.9. The molecule has 1 saturated heterocycles. The third-order valence-corrected chi connectivity index (χ3v) is 2.82. The van der Waals surface area contributed by atoms with E-state index in [2.05, 4.69) is 16.0 Å². The summed E-state index contributed by atoms with van der Waals surface area (Å²) in [7, 11) is 0. The zero-order valence-corrected chi connectivity index (χ0v) is 12.2. The molecule has 1 unspecified atom stereocenters. The Morgan fingerprint density at radius 2 is 1.83 bits per heavy atom. The Bertz CT molecular complexity index is 284. The summed E-state index contributed by atoms with van der Waals surface area (Å²) in [6.45, 7) is 8.26. The van der Waals surface area contributed by atoms with Crippen molar-refractivity contribution >= 4 is 24.2 Å².